The summed E-state index contributed by atoms with van der Waals surface area (Å²) in [6.45, 7) is 6.85. The number of anilines is 1. The number of benzene rings is 2. The van der Waals surface area contributed by atoms with E-state index in [1.807, 2.05) is 69.3 Å². The van der Waals surface area contributed by atoms with Crippen LogP contribution in [-0.4, -0.2) is 34.3 Å². The Kier molecular flexibility index (Phi) is 7.43. The summed E-state index contributed by atoms with van der Waals surface area (Å²) in [5, 5.41) is 22.6. The molecule has 2 aromatic carbocycles. The van der Waals surface area contributed by atoms with Crippen molar-refractivity contribution in [3.63, 3.8) is 0 Å². The van der Waals surface area contributed by atoms with Gasteiger partial charge in [-0.3, -0.25) is 10.1 Å². The summed E-state index contributed by atoms with van der Waals surface area (Å²) in [4.78, 5) is 16.1. The molecule has 9 heteroatoms. The van der Waals surface area contributed by atoms with Crippen LogP contribution in [0.15, 0.2) is 48.0 Å². The summed E-state index contributed by atoms with van der Waals surface area (Å²) < 4.78 is 11.3. The number of hydrogen-bond acceptors (Lipinski definition) is 7. The molecule has 0 saturated carbocycles. The Morgan fingerprint density at radius 1 is 1.14 bits per heavy atom. The number of nitrogens with zero attached hydrogens (tertiary/aromatic N) is 3. The minimum atomic E-state index is -0.528. The van der Waals surface area contributed by atoms with Crippen molar-refractivity contribution in [2.24, 2.45) is 0 Å². The molecular formula is C26H25N5O3S. The number of aryl methyl sites for hydroxylation is 1. The van der Waals surface area contributed by atoms with Gasteiger partial charge in [-0.2, -0.15) is 5.26 Å². The number of aromatic amines is 1. The number of nitriles is 1. The maximum Gasteiger partial charge on any atom is 0.268 e. The van der Waals surface area contributed by atoms with Gasteiger partial charge in [-0.25, -0.2) is 0 Å². The maximum atomic E-state index is 12.8. The van der Waals surface area contributed by atoms with Crippen LogP contribution in [0.3, 0.4) is 0 Å². The maximum absolute atomic E-state index is 12.8. The van der Waals surface area contributed by atoms with Crippen LogP contribution in [0.4, 0.5) is 5.13 Å². The summed E-state index contributed by atoms with van der Waals surface area (Å²) in [5.41, 5.74) is 3.61. The Bertz CT molecular complexity index is 1430. The monoisotopic (exact) mass is 487 g/mol. The van der Waals surface area contributed by atoms with E-state index in [0.29, 0.717) is 36.3 Å². The van der Waals surface area contributed by atoms with Crippen molar-refractivity contribution in [3.8, 4) is 17.6 Å². The minimum absolute atomic E-state index is 0.0116. The molecule has 0 fully saturated rings. The van der Waals surface area contributed by atoms with Gasteiger partial charge in [-0.1, -0.05) is 35.6 Å². The number of carbonyl (C=O) groups is 1. The number of rotatable bonds is 9. The summed E-state index contributed by atoms with van der Waals surface area (Å²) in [6, 6.07) is 15.5. The second kappa shape index (κ2) is 10.8. The molecule has 35 heavy (non-hydrogen) atoms. The molecule has 0 bridgehead atoms. The zero-order valence-corrected chi connectivity index (χ0v) is 20.5. The predicted molar refractivity (Wildman–Crippen MR) is 137 cm³/mol. The van der Waals surface area contributed by atoms with Gasteiger partial charge in [-0.05, 0) is 50.6 Å². The van der Waals surface area contributed by atoms with Gasteiger partial charge in [0.1, 0.15) is 16.6 Å². The van der Waals surface area contributed by atoms with Crippen molar-refractivity contribution >= 4 is 39.4 Å². The molecule has 0 aliphatic heterocycles. The van der Waals surface area contributed by atoms with Gasteiger partial charge in [0.15, 0.2) is 11.5 Å². The Labute approximate surface area is 207 Å². The Morgan fingerprint density at radius 2 is 1.91 bits per heavy atom. The van der Waals surface area contributed by atoms with Crippen molar-refractivity contribution in [2.75, 3.05) is 18.5 Å². The first-order chi connectivity index (χ1) is 17.0. The Balaban J connectivity index is 1.49. The fraction of sp³-hybridized carbons (Fsp3) is 0.231. The smallest absolute Gasteiger partial charge is 0.268 e. The highest BCUT2D eigenvalue weighted by atomic mass is 32.1. The van der Waals surface area contributed by atoms with Crippen LogP contribution in [0.1, 0.15) is 35.7 Å². The zero-order chi connectivity index (χ0) is 24.8. The summed E-state index contributed by atoms with van der Waals surface area (Å²) in [5.74, 6) is 0.852. The molecule has 178 valence electrons. The highest BCUT2D eigenvalue weighted by Crippen LogP contribution is 2.30. The van der Waals surface area contributed by atoms with E-state index >= 15 is 0 Å². The quantitative estimate of drug-likeness (QED) is 0.246. The van der Waals surface area contributed by atoms with Crippen molar-refractivity contribution in [3.05, 3.63) is 69.9 Å². The van der Waals surface area contributed by atoms with E-state index in [1.54, 1.807) is 6.08 Å². The molecule has 4 aromatic rings. The first-order valence-electron chi connectivity index (χ1n) is 11.2. The summed E-state index contributed by atoms with van der Waals surface area (Å²) in [7, 11) is 0. The molecule has 2 aromatic heterocycles. The summed E-state index contributed by atoms with van der Waals surface area (Å²) in [6.07, 6.45) is 2.12. The van der Waals surface area contributed by atoms with E-state index in [1.165, 1.54) is 11.3 Å². The number of ether oxygens (including phenoxy) is 2. The molecule has 4 rings (SSSR count). The van der Waals surface area contributed by atoms with E-state index in [9.17, 15) is 10.1 Å². The highest BCUT2D eigenvalue weighted by molar-refractivity contribution is 7.15. The molecule has 2 N–H and O–H groups in total. The molecule has 1 amide bonds. The van der Waals surface area contributed by atoms with Crippen LogP contribution in [0.25, 0.3) is 17.0 Å². The first kappa shape index (κ1) is 24.0. The largest absolute Gasteiger partial charge is 0.490 e. The number of amides is 1. The number of fused-ring (bicyclic) bond motifs is 1. The van der Waals surface area contributed by atoms with Gasteiger partial charge in [0, 0.05) is 28.6 Å². The predicted octanol–water partition coefficient (Wildman–Crippen LogP) is 5.26. The topological polar surface area (TPSA) is 113 Å². The molecule has 0 radical (unpaired) electrons. The lowest BCUT2D eigenvalue weighted by Crippen LogP contribution is -2.13. The number of nitrogens with one attached hydrogen (secondary N) is 2. The van der Waals surface area contributed by atoms with E-state index in [4.69, 9.17) is 9.47 Å². The van der Waals surface area contributed by atoms with E-state index in [0.717, 1.165) is 32.7 Å². The molecule has 0 atom stereocenters. The standard InChI is InChI=1S/C26H25N5O3S/c1-4-33-22-11-10-17(12-23(22)34-5-2)13-24-30-31-26(35-24)29-25(32)18(15-27)14-20-16(3)28-21-9-7-6-8-19(20)21/h6-12,14,28H,4-5,13H2,1-3H3,(H,29,31,32)/b18-14-. The lowest BCUT2D eigenvalue weighted by Gasteiger charge is -2.11. The van der Waals surface area contributed by atoms with Crippen LogP contribution >= 0.6 is 11.3 Å². The minimum Gasteiger partial charge on any atom is -0.490 e. The first-order valence-corrected chi connectivity index (χ1v) is 12.0. The lowest BCUT2D eigenvalue weighted by atomic mass is 10.1. The second-order valence-corrected chi connectivity index (χ2v) is 8.72. The normalized spacial score (nSPS) is 11.3. The van der Waals surface area contributed by atoms with Gasteiger partial charge in [0.05, 0.1) is 13.2 Å². The summed E-state index contributed by atoms with van der Waals surface area (Å²) >= 11 is 1.26. The van der Waals surface area contributed by atoms with E-state index in [-0.39, 0.29) is 5.57 Å². The second-order valence-electron chi connectivity index (χ2n) is 7.66. The van der Waals surface area contributed by atoms with Gasteiger partial charge in [-0.15, -0.1) is 10.2 Å². The molecular weight excluding hydrogens is 462 g/mol. The van der Waals surface area contributed by atoms with Gasteiger partial charge < -0.3 is 14.5 Å². The Morgan fingerprint density at radius 3 is 2.69 bits per heavy atom. The molecule has 2 heterocycles. The lowest BCUT2D eigenvalue weighted by molar-refractivity contribution is -0.112. The van der Waals surface area contributed by atoms with Crippen molar-refractivity contribution in [1.82, 2.24) is 15.2 Å². The third kappa shape index (κ3) is 5.50. The molecule has 8 nitrogen and oxygen atoms in total. The Hall–Kier alpha value is -4.16. The average Bonchev–Trinajstić information content (AvgIpc) is 3.42. The molecule has 0 saturated heterocycles. The number of hydrogen-bond donors (Lipinski definition) is 2. The van der Waals surface area contributed by atoms with Gasteiger partial charge in [0.2, 0.25) is 5.13 Å². The van der Waals surface area contributed by atoms with Crippen LogP contribution in [0.2, 0.25) is 0 Å². The number of aromatic nitrogens is 3. The zero-order valence-electron chi connectivity index (χ0n) is 19.7. The fourth-order valence-corrected chi connectivity index (χ4v) is 4.47. The third-order valence-corrected chi connectivity index (χ3v) is 6.09. The van der Waals surface area contributed by atoms with Gasteiger partial charge >= 0.3 is 0 Å². The van der Waals surface area contributed by atoms with Crippen molar-refractivity contribution in [2.45, 2.75) is 27.2 Å². The molecule has 0 spiro atoms. The number of para-hydroxylation sites is 1. The van der Waals surface area contributed by atoms with Gasteiger partial charge in [0.25, 0.3) is 5.91 Å². The molecule has 0 aliphatic carbocycles. The SMILES string of the molecule is CCOc1ccc(Cc2nnc(NC(=O)/C(C#N)=C\c3c(C)[nH]c4ccccc34)s2)cc1OCC. The number of carbonyl (C=O) groups excluding carboxylic acids is 1. The van der Waals surface area contributed by atoms with Crippen molar-refractivity contribution in [1.29, 1.82) is 5.26 Å². The highest BCUT2D eigenvalue weighted by Gasteiger charge is 2.16. The third-order valence-electron chi connectivity index (χ3n) is 5.25. The van der Waals surface area contributed by atoms with Crippen LogP contribution in [0, 0.1) is 18.3 Å². The van der Waals surface area contributed by atoms with E-state index < -0.39 is 5.91 Å². The average molecular weight is 488 g/mol. The fourth-order valence-electron chi connectivity index (χ4n) is 3.70. The van der Waals surface area contributed by atoms with Crippen molar-refractivity contribution < 1.29 is 14.3 Å². The van der Waals surface area contributed by atoms with Crippen LogP contribution < -0.4 is 14.8 Å². The molecule has 0 unspecified atom stereocenters. The van der Waals surface area contributed by atoms with E-state index in [2.05, 4.69) is 20.5 Å². The van der Waals surface area contributed by atoms with Crippen LogP contribution in [-0.2, 0) is 11.2 Å². The molecule has 0 aliphatic rings. The van der Waals surface area contributed by atoms with Crippen LogP contribution in [0.5, 0.6) is 11.5 Å². The number of H-pyrrole nitrogens is 1.